The molecule has 37 heavy (non-hydrogen) atoms. The fraction of sp³-hybridized carbons (Fsp3) is 0.467. The molecule has 0 aliphatic heterocycles. The molecule has 0 bridgehead atoms. The number of carbonyl (C=O) groups is 2. The summed E-state index contributed by atoms with van der Waals surface area (Å²) in [6, 6.07) is 15.5. The van der Waals surface area contributed by atoms with Crippen LogP contribution in [-0.4, -0.2) is 50.2 Å². The van der Waals surface area contributed by atoms with Crippen LogP contribution in [0.15, 0.2) is 48.5 Å². The maximum atomic E-state index is 13.8. The smallest absolute Gasteiger partial charge is 0.303 e. The molecule has 1 fully saturated rings. The Morgan fingerprint density at radius 1 is 1.05 bits per heavy atom. The highest BCUT2D eigenvalue weighted by Gasteiger charge is 2.36. The third kappa shape index (κ3) is 7.92. The van der Waals surface area contributed by atoms with Gasteiger partial charge in [0, 0.05) is 40.4 Å². The van der Waals surface area contributed by atoms with Gasteiger partial charge in [0.25, 0.3) is 5.91 Å². The molecular weight excluding hydrogens is 460 g/mol. The van der Waals surface area contributed by atoms with Crippen molar-refractivity contribution in [1.29, 1.82) is 0 Å². The van der Waals surface area contributed by atoms with Crippen molar-refractivity contribution in [2.45, 2.75) is 76.6 Å². The number of carboxylic acid groups (broad SMARTS) is 1. The highest BCUT2D eigenvalue weighted by Crippen LogP contribution is 2.33. The quantitative estimate of drug-likeness (QED) is 0.286. The van der Waals surface area contributed by atoms with Crippen LogP contribution in [0.2, 0.25) is 0 Å². The van der Waals surface area contributed by atoms with Crippen LogP contribution in [0.3, 0.4) is 0 Å². The molecule has 1 N–H and O–H groups in total. The predicted molar refractivity (Wildman–Crippen MR) is 153 cm³/mol. The van der Waals surface area contributed by atoms with Gasteiger partial charge in [0.15, 0.2) is 0 Å². The van der Waals surface area contributed by atoms with E-state index in [2.05, 4.69) is 27.5 Å². The van der Waals surface area contributed by atoms with Crippen LogP contribution < -0.4 is 4.74 Å². The van der Waals surface area contributed by atoms with Crippen LogP contribution in [0.25, 0.3) is 0 Å². The number of unbranched alkanes of at least 4 members (excludes halogenated alkanes) is 2. The van der Waals surface area contributed by atoms with Gasteiger partial charge in [-0.2, -0.15) is 0 Å². The Bertz CT molecular complexity index is 1110. The lowest BCUT2D eigenvalue weighted by Gasteiger charge is -2.43. The van der Waals surface area contributed by atoms with Gasteiger partial charge in [-0.15, -0.1) is 0 Å². The first-order chi connectivity index (χ1) is 17.7. The molecule has 1 aliphatic carbocycles. The molecule has 0 unspecified atom stereocenters. The average molecular weight is 499 g/mol. The van der Waals surface area contributed by atoms with Crippen molar-refractivity contribution in [1.82, 2.24) is 4.90 Å². The number of carboxylic acids is 1. The second-order valence-electron chi connectivity index (χ2n) is 10.7. The first-order valence-electron chi connectivity index (χ1n) is 13.6. The highest BCUT2D eigenvalue weighted by atomic mass is 16.5. The normalized spacial score (nSPS) is 13.7. The van der Waals surface area contributed by atoms with Crippen molar-refractivity contribution in [3.8, 4) is 17.6 Å². The van der Waals surface area contributed by atoms with Crippen LogP contribution in [0, 0.1) is 17.8 Å². The molecule has 3 rings (SSSR count). The van der Waals surface area contributed by atoms with E-state index in [1.807, 2.05) is 67.3 Å². The summed E-state index contributed by atoms with van der Waals surface area (Å²) in [7, 11) is 4.11. The molecule has 1 saturated carbocycles. The van der Waals surface area contributed by atoms with Crippen LogP contribution in [0.1, 0.15) is 86.7 Å². The Hall–Kier alpha value is -3.13. The molecular formula is C30H39B2NO4. The molecule has 2 aromatic carbocycles. The zero-order valence-electron chi connectivity index (χ0n) is 22.8. The minimum atomic E-state index is -0.766. The number of hydrogen-bond donors (Lipinski definition) is 1. The Kier molecular flexibility index (Phi) is 10.3. The number of rotatable bonds is 11. The Balaban J connectivity index is 1.74. The molecule has 0 radical (unpaired) electrons. The molecule has 5 nitrogen and oxygen atoms in total. The molecule has 0 spiro atoms. The number of hydrogen-bond acceptors (Lipinski definition) is 3. The summed E-state index contributed by atoms with van der Waals surface area (Å²) in [6.07, 6.45) is 7.34. The van der Waals surface area contributed by atoms with Gasteiger partial charge in [0.1, 0.15) is 21.4 Å². The lowest BCUT2D eigenvalue weighted by atomic mass is 9.56. The number of para-hydroxylation sites is 1. The number of aliphatic carboxylic acids is 1. The van der Waals surface area contributed by atoms with Gasteiger partial charge in [-0.1, -0.05) is 42.9 Å². The van der Waals surface area contributed by atoms with Gasteiger partial charge < -0.3 is 14.7 Å². The molecule has 1 aliphatic rings. The standard InChI is InChI=1S/C30H39B2NO4/c1-22(2)33(29(36)25-19-17-24(18-20-25)16-15-23-10-5-6-11-23)30(31,32)26-12-7-8-13-27(26)37-21-9-3-4-14-28(34)35/h7-8,12-13,17-20,22-23H,3-6,9-11,14,21,31-32H2,1-2H3,(H,34,35). The molecule has 0 atom stereocenters. The Morgan fingerprint density at radius 2 is 1.73 bits per heavy atom. The summed E-state index contributed by atoms with van der Waals surface area (Å²) in [5.41, 5.74) is 2.53. The van der Waals surface area contributed by atoms with Crippen molar-refractivity contribution in [2.75, 3.05) is 6.61 Å². The maximum Gasteiger partial charge on any atom is 0.303 e. The number of nitrogens with zero attached hydrogens (tertiary/aromatic N) is 1. The highest BCUT2D eigenvalue weighted by molar-refractivity contribution is 6.41. The van der Waals surface area contributed by atoms with E-state index in [0.29, 0.717) is 24.5 Å². The average Bonchev–Trinajstić information content (AvgIpc) is 3.38. The zero-order chi connectivity index (χ0) is 26.8. The van der Waals surface area contributed by atoms with Crippen molar-refractivity contribution in [2.24, 2.45) is 5.92 Å². The Morgan fingerprint density at radius 3 is 2.38 bits per heavy atom. The van der Waals surface area contributed by atoms with Gasteiger partial charge in [0.2, 0.25) is 0 Å². The van der Waals surface area contributed by atoms with E-state index in [1.54, 1.807) is 0 Å². The number of benzene rings is 2. The number of amides is 1. The SMILES string of the molecule is BC(B)(c1ccccc1OCCCCCC(=O)O)N(C(=O)c1ccc(C#CC2CCCC2)cc1)C(C)C. The van der Waals surface area contributed by atoms with Crippen LogP contribution in [-0.2, 0) is 10.1 Å². The molecule has 1 amide bonds. The van der Waals surface area contributed by atoms with Crippen molar-refractivity contribution in [3.05, 3.63) is 65.2 Å². The molecule has 0 heterocycles. The van der Waals surface area contributed by atoms with E-state index < -0.39 is 11.3 Å². The summed E-state index contributed by atoms with van der Waals surface area (Å²) in [6.45, 7) is 4.58. The lowest BCUT2D eigenvalue weighted by molar-refractivity contribution is -0.137. The van der Waals surface area contributed by atoms with Crippen molar-refractivity contribution >= 4 is 27.6 Å². The molecule has 194 valence electrons. The van der Waals surface area contributed by atoms with E-state index >= 15 is 0 Å². The fourth-order valence-electron chi connectivity index (χ4n) is 5.19. The van der Waals surface area contributed by atoms with Crippen LogP contribution in [0.5, 0.6) is 5.75 Å². The third-order valence-electron chi connectivity index (χ3n) is 7.08. The van der Waals surface area contributed by atoms with E-state index in [1.165, 1.54) is 25.7 Å². The maximum absolute atomic E-state index is 13.8. The second-order valence-corrected chi connectivity index (χ2v) is 10.7. The van der Waals surface area contributed by atoms with E-state index in [4.69, 9.17) is 9.84 Å². The minimum absolute atomic E-state index is 0.0289. The van der Waals surface area contributed by atoms with Gasteiger partial charge in [-0.25, -0.2) is 0 Å². The van der Waals surface area contributed by atoms with Crippen LogP contribution in [0.4, 0.5) is 0 Å². The third-order valence-corrected chi connectivity index (χ3v) is 7.08. The minimum Gasteiger partial charge on any atom is -0.493 e. The summed E-state index contributed by atoms with van der Waals surface area (Å²) in [5, 5.41) is 8.19. The molecule has 7 heteroatoms. The van der Waals surface area contributed by atoms with Crippen LogP contribution >= 0.6 is 0 Å². The molecule has 0 saturated heterocycles. The largest absolute Gasteiger partial charge is 0.493 e. The predicted octanol–water partition coefficient (Wildman–Crippen LogP) is 4.18. The second kappa shape index (κ2) is 13.4. The van der Waals surface area contributed by atoms with Gasteiger partial charge in [0.05, 0.1) is 6.61 Å². The van der Waals surface area contributed by atoms with E-state index in [-0.39, 0.29) is 18.4 Å². The summed E-state index contributed by atoms with van der Waals surface area (Å²) in [5.74, 6) is 7.13. The molecule has 2 aromatic rings. The first kappa shape index (κ1) is 28.4. The molecule has 0 aromatic heterocycles. The lowest BCUT2D eigenvalue weighted by Crippen LogP contribution is -2.54. The number of ether oxygens (including phenoxy) is 1. The number of carbonyl (C=O) groups excluding carboxylic acids is 1. The van der Waals surface area contributed by atoms with Gasteiger partial charge in [-0.3, -0.25) is 9.59 Å². The van der Waals surface area contributed by atoms with Gasteiger partial charge >= 0.3 is 5.97 Å². The summed E-state index contributed by atoms with van der Waals surface area (Å²) < 4.78 is 6.13. The zero-order valence-corrected chi connectivity index (χ0v) is 22.8. The van der Waals surface area contributed by atoms with Gasteiger partial charge in [-0.05, 0) is 76.3 Å². The fourth-order valence-corrected chi connectivity index (χ4v) is 5.19. The van der Waals surface area contributed by atoms with Crippen molar-refractivity contribution < 1.29 is 19.4 Å². The topological polar surface area (TPSA) is 66.8 Å². The summed E-state index contributed by atoms with van der Waals surface area (Å²) in [4.78, 5) is 26.4. The van der Waals surface area contributed by atoms with E-state index in [0.717, 1.165) is 29.7 Å². The van der Waals surface area contributed by atoms with Crippen molar-refractivity contribution in [3.63, 3.8) is 0 Å². The first-order valence-corrected chi connectivity index (χ1v) is 13.6. The Labute approximate surface area is 223 Å². The monoisotopic (exact) mass is 499 g/mol. The summed E-state index contributed by atoms with van der Waals surface area (Å²) >= 11 is 0. The van der Waals surface area contributed by atoms with E-state index in [9.17, 15) is 9.59 Å².